The van der Waals surface area contributed by atoms with E-state index in [1.165, 1.54) is 0 Å². The first-order chi connectivity index (χ1) is 10.2. The minimum absolute atomic E-state index is 0.318. The van der Waals surface area contributed by atoms with Crippen molar-refractivity contribution in [2.24, 2.45) is 0 Å². The summed E-state index contributed by atoms with van der Waals surface area (Å²) in [7, 11) is 0. The summed E-state index contributed by atoms with van der Waals surface area (Å²) in [4.78, 5) is 8.44. The van der Waals surface area contributed by atoms with Crippen LogP contribution in [0, 0.1) is 18.3 Å². The van der Waals surface area contributed by atoms with Crippen LogP contribution in [0.4, 0.5) is 5.69 Å². The number of nitrogens with two attached hydrogens (primary N) is 1. The van der Waals surface area contributed by atoms with Gasteiger partial charge >= 0.3 is 0 Å². The van der Waals surface area contributed by atoms with Crippen LogP contribution in [0.5, 0.6) is 0 Å². The Labute approximate surface area is 121 Å². The van der Waals surface area contributed by atoms with Gasteiger partial charge in [0.25, 0.3) is 5.95 Å². The lowest BCUT2D eigenvalue weighted by molar-refractivity contribution is 0.798. The van der Waals surface area contributed by atoms with Crippen LogP contribution in [0.15, 0.2) is 42.7 Å². The van der Waals surface area contributed by atoms with Gasteiger partial charge in [-0.1, -0.05) is 12.1 Å². The fourth-order valence-electron chi connectivity index (χ4n) is 2.01. The molecule has 0 fully saturated rings. The molecular weight excluding hydrogens is 264 g/mol. The third-order valence-electron chi connectivity index (χ3n) is 2.96. The number of benzene rings is 1. The quantitative estimate of drug-likeness (QED) is 0.723. The van der Waals surface area contributed by atoms with E-state index in [-0.39, 0.29) is 0 Å². The zero-order chi connectivity index (χ0) is 14.8. The maximum atomic E-state index is 8.96. The zero-order valence-electron chi connectivity index (χ0n) is 11.4. The minimum atomic E-state index is 0.318. The van der Waals surface area contributed by atoms with Gasteiger partial charge in [-0.2, -0.15) is 10.4 Å². The lowest BCUT2D eigenvalue weighted by Crippen LogP contribution is -2.04. The third kappa shape index (κ3) is 2.58. The molecule has 0 amide bonds. The van der Waals surface area contributed by atoms with Crippen molar-refractivity contribution in [1.82, 2.24) is 19.7 Å². The molecule has 0 aliphatic rings. The van der Waals surface area contributed by atoms with E-state index < -0.39 is 0 Å². The van der Waals surface area contributed by atoms with Gasteiger partial charge in [-0.05, 0) is 30.7 Å². The Bertz CT molecular complexity index is 843. The standard InChI is InChI=1S/C15H12N6/c1-10-5-14(7-16)20-15(19-10)21-9-12(8-18-21)11-3-2-4-13(17)6-11/h2-6,8-9H,17H2,1H3. The molecule has 102 valence electrons. The molecular formula is C15H12N6. The number of anilines is 1. The molecule has 0 aliphatic heterocycles. The Hall–Kier alpha value is -3.20. The highest BCUT2D eigenvalue weighted by Crippen LogP contribution is 2.21. The largest absolute Gasteiger partial charge is 0.399 e. The molecule has 0 aliphatic carbocycles. The molecule has 6 nitrogen and oxygen atoms in total. The average Bonchev–Trinajstić information content (AvgIpc) is 2.96. The maximum absolute atomic E-state index is 8.96. The molecule has 3 aromatic rings. The lowest BCUT2D eigenvalue weighted by Gasteiger charge is -2.01. The van der Waals surface area contributed by atoms with Gasteiger partial charge < -0.3 is 5.73 Å². The molecule has 0 atom stereocenters. The van der Waals surface area contributed by atoms with Gasteiger partial charge in [0, 0.05) is 23.1 Å². The van der Waals surface area contributed by atoms with E-state index >= 15 is 0 Å². The van der Waals surface area contributed by atoms with Gasteiger partial charge in [-0.15, -0.1) is 0 Å². The molecule has 0 bridgehead atoms. The summed E-state index contributed by atoms with van der Waals surface area (Å²) < 4.78 is 1.55. The van der Waals surface area contributed by atoms with Crippen LogP contribution in [-0.4, -0.2) is 19.7 Å². The summed E-state index contributed by atoms with van der Waals surface area (Å²) in [6, 6.07) is 11.2. The molecule has 6 heteroatoms. The van der Waals surface area contributed by atoms with E-state index in [0.717, 1.165) is 16.8 Å². The Morgan fingerprint density at radius 1 is 1.19 bits per heavy atom. The molecule has 2 heterocycles. The SMILES string of the molecule is Cc1cc(C#N)nc(-n2cc(-c3cccc(N)c3)cn2)n1. The number of nitrogens with zero attached hydrogens (tertiary/aromatic N) is 5. The second-order valence-electron chi connectivity index (χ2n) is 4.61. The molecule has 1 aromatic carbocycles. The monoisotopic (exact) mass is 276 g/mol. The van der Waals surface area contributed by atoms with Crippen molar-refractivity contribution in [3.05, 3.63) is 54.1 Å². The van der Waals surface area contributed by atoms with Crippen LogP contribution >= 0.6 is 0 Å². The summed E-state index contributed by atoms with van der Waals surface area (Å²) in [6.45, 7) is 1.81. The summed E-state index contributed by atoms with van der Waals surface area (Å²) in [5, 5.41) is 13.2. The normalized spacial score (nSPS) is 10.3. The topological polar surface area (TPSA) is 93.4 Å². The van der Waals surface area contributed by atoms with Crippen molar-refractivity contribution >= 4 is 5.69 Å². The highest BCUT2D eigenvalue weighted by atomic mass is 15.3. The van der Waals surface area contributed by atoms with Crippen LogP contribution < -0.4 is 5.73 Å². The zero-order valence-corrected chi connectivity index (χ0v) is 11.4. The molecule has 3 rings (SSSR count). The van der Waals surface area contributed by atoms with Crippen LogP contribution in [0.2, 0.25) is 0 Å². The number of nitrogen functional groups attached to an aromatic ring is 1. The molecule has 2 aromatic heterocycles. The molecule has 2 N–H and O–H groups in total. The first-order valence-electron chi connectivity index (χ1n) is 6.32. The molecule has 0 unspecified atom stereocenters. The number of hydrogen-bond acceptors (Lipinski definition) is 5. The van der Waals surface area contributed by atoms with Crippen LogP contribution in [0.3, 0.4) is 0 Å². The number of aromatic nitrogens is 4. The predicted molar refractivity (Wildman–Crippen MR) is 78.5 cm³/mol. The maximum Gasteiger partial charge on any atom is 0.252 e. The molecule has 0 saturated heterocycles. The van der Waals surface area contributed by atoms with Gasteiger partial charge in [0.05, 0.1) is 6.20 Å². The minimum Gasteiger partial charge on any atom is -0.399 e. The molecule has 0 saturated carbocycles. The fraction of sp³-hybridized carbons (Fsp3) is 0.0667. The van der Waals surface area contributed by atoms with Crippen molar-refractivity contribution in [3.63, 3.8) is 0 Å². The highest BCUT2D eigenvalue weighted by molar-refractivity contribution is 5.66. The number of rotatable bonds is 2. The van der Waals surface area contributed by atoms with Crippen LogP contribution in [-0.2, 0) is 0 Å². The van der Waals surface area contributed by atoms with Crippen molar-refractivity contribution in [2.75, 3.05) is 5.73 Å². The van der Waals surface area contributed by atoms with E-state index in [4.69, 9.17) is 11.0 Å². The van der Waals surface area contributed by atoms with Crippen molar-refractivity contribution in [2.45, 2.75) is 6.92 Å². The van der Waals surface area contributed by atoms with E-state index in [1.807, 2.05) is 43.5 Å². The first kappa shape index (κ1) is 12.8. The van der Waals surface area contributed by atoms with E-state index in [9.17, 15) is 0 Å². The van der Waals surface area contributed by atoms with Crippen LogP contribution in [0.25, 0.3) is 17.1 Å². The van der Waals surface area contributed by atoms with Gasteiger partial charge in [0.1, 0.15) is 11.8 Å². The van der Waals surface area contributed by atoms with Crippen LogP contribution in [0.1, 0.15) is 11.4 Å². The Kier molecular flexibility index (Phi) is 3.09. The highest BCUT2D eigenvalue weighted by Gasteiger charge is 2.08. The Morgan fingerprint density at radius 3 is 2.81 bits per heavy atom. The van der Waals surface area contributed by atoms with Crippen molar-refractivity contribution < 1.29 is 0 Å². The Morgan fingerprint density at radius 2 is 2.05 bits per heavy atom. The van der Waals surface area contributed by atoms with Gasteiger partial charge in [-0.3, -0.25) is 0 Å². The summed E-state index contributed by atoms with van der Waals surface area (Å²) in [5.41, 5.74) is 9.39. The predicted octanol–water partition coefficient (Wildman–Crippen LogP) is 2.09. The first-order valence-corrected chi connectivity index (χ1v) is 6.32. The second-order valence-corrected chi connectivity index (χ2v) is 4.61. The second kappa shape index (κ2) is 5.06. The van der Waals surface area contributed by atoms with Crippen molar-refractivity contribution in [3.8, 4) is 23.1 Å². The summed E-state index contributed by atoms with van der Waals surface area (Å²) in [5.74, 6) is 0.377. The number of hydrogen-bond donors (Lipinski definition) is 1. The van der Waals surface area contributed by atoms with Gasteiger partial charge in [0.15, 0.2) is 0 Å². The Balaban J connectivity index is 2.03. The fourth-order valence-corrected chi connectivity index (χ4v) is 2.01. The number of aryl methyl sites for hydroxylation is 1. The van der Waals surface area contributed by atoms with Gasteiger partial charge in [-0.25, -0.2) is 14.6 Å². The van der Waals surface area contributed by atoms with E-state index in [2.05, 4.69) is 15.1 Å². The lowest BCUT2D eigenvalue weighted by atomic mass is 10.1. The molecule has 0 spiro atoms. The van der Waals surface area contributed by atoms with E-state index in [0.29, 0.717) is 17.3 Å². The molecule has 0 radical (unpaired) electrons. The van der Waals surface area contributed by atoms with E-state index in [1.54, 1.807) is 16.9 Å². The average molecular weight is 276 g/mol. The third-order valence-corrected chi connectivity index (χ3v) is 2.96. The molecule has 21 heavy (non-hydrogen) atoms. The number of nitriles is 1. The smallest absolute Gasteiger partial charge is 0.252 e. The summed E-state index contributed by atoms with van der Waals surface area (Å²) >= 11 is 0. The van der Waals surface area contributed by atoms with Gasteiger partial charge in [0.2, 0.25) is 0 Å². The summed E-state index contributed by atoms with van der Waals surface area (Å²) in [6.07, 6.45) is 3.53. The van der Waals surface area contributed by atoms with Crippen molar-refractivity contribution in [1.29, 1.82) is 5.26 Å².